The van der Waals surface area contributed by atoms with Gasteiger partial charge in [-0.3, -0.25) is 19.2 Å². The van der Waals surface area contributed by atoms with Crippen molar-refractivity contribution in [1.82, 2.24) is 10.2 Å². The van der Waals surface area contributed by atoms with Crippen LogP contribution in [0, 0.1) is 11.8 Å². The third kappa shape index (κ3) is 6.32. The first-order valence-electron chi connectivity index (χ1n) is 18.2. The Labute approximate surface area is 307 Å². The molecular weight excluding hydrogens is 670 g/mol. The van der Waals surface area contributed by atoms with Crippen LogP contribution in [0.25, 0.3) is 10.8 Å². The Kier molecular flexibility index (Phi) is 9.40. The van der Waals surface area contributed by atoms with Crippen molar-refractivity contribution in [2.45, 2.75) is 49.2 Å². The highest BCUT2D eigenvalue weighted by molar-refractivity contribution is 6.06. The van der Waals surface area contributed by atoms with E-state index in [9.17, 15) is 19.5 Å². The summed E-state index contributed by atoms with van der Waals surface area (Å²) in [5.74, 6) is -3.86. The molecule has 2 fully saturated rings. The first-order chi connectivity index (χ1) is 25.9. The Hall–Kier alpha value is -5.58. The number of aliphatic hydroxyl groups is 1. The third-order valence-corrected chi connectivity index (χ3v) is 11.0. The summed E-state index contributed by atoms with van der Waals surface area (Å²) in [4.78, 5) is 60.8. The van der Waals surface area contributed by atoms with Gasteiger partial charge >= 0.3 is 5.97 Å². The highest BCUT2D eigenvalue weighted by Crippen LogP contribution is 2.56. The Morgan fingerprint density at radius 1 is 0.849 bits per heavy atom. The first kappa shape index (κ1) is 34.5. The Bertz CT molecular complexity index is 2090. The van der Waals surface area contributed by atoms with E-state index in [4.69, 9.17) is 9.47 Å². The molecule has 270 valence electrons. The normalized spacial score (nSPS) is 28.5. The molecular formula is C43H41N3O7. The van der Waals surface area contributed by atoms with Crippen molar-refractivity contribution in [3.63, 3.8) is 0 Å². The molecule has 0 aromatic heterocycles. The number of hydrogen-bond acceptors (Lipinski definition) is 7. The minimum Gasteiger partial charge on any atom is -0.455 e. The number of carbonyl (C=O) groups is 4. The molecule has 4 aliphatic rings. The summed E-state index contributed by atoms with van der Waals surface area (Å²) in [5.41, 5.74) is 0.696. The van der Waals surface area contributed by atoms with E-state index in [0.29, 0.717) is 17.7 Å². The molecule has 0 radical (unpaired) electrons. The number of nitrogens with zero attached hydrogens (tertiary/aromatic N) is 2. The number of fused-ring (bicyclic) bond motifs is 3. The van der Waals surface area contributed by atoms with Crippen LogP contribution in [0.1, 0.15) is 30.1 Å². The summed E-state index contributed by atoms with van der Waals surface area (Å²) < 4.78 is 12.8. The summed E-state index contributed by atoms with van der Waals surface area (Å²) >= 11 is 0. The van der Waals surface area contributed by atoms with Gasteiger partial charge in [0.2, 0.25) is 11.8 Å². The van der Waals surface area contributed by atoms with E-state index in [1.165, 1.54) is 4.90 Å². The average molecular weight is 712 g/mol. The fourth-order valence-corrected chi connectivity index (χ4v) is 8.42. The zero-order valence-corrected chi connectivity index (χ0v) is 29.1. The molecule has 5 bridgehead atoms. The number of nitrogens with one attached hydrogen (secondary N) is 1. The van der Waals surface area contributed by atoms with Crippen molar-refractivity contribution >= 4 is 40.2 Å². The van der Waals surface area contributed by atoms with E-state index in [1.54, 1.807) is 17.1 Å². The molecule has 10 nitrogen and oxygen atoms in total. The Morgan fingerprint density at radius 3 is 2.36 bits per heavy atom. The van der Waals surface area contributed by atoms with Gasteiger partial charge in [-0.25, -0.2) is 0 Å². The van der Waals surface area contributed by atoms with Crippen molar-refractivity contribution < 1.29 is 33.8 Å². The van der Waals surface area contributed by atoms with Crippen molar-refractivity contribution in [1.29, 1.82) is 0 Å². The van der Waals surface area contributed by atoms with Gasteiger partial charge in [0.05, 0.1) is 31.2 Å². The number of ether oxygens (including phenoxy) is 2. The maximum absolute atomic E-state index is 15.4. The number of anilines is 1. The van der Waals surface area contributed by atoms with E-state index in [1.807, 2.05) is 115 Å². The van der Waals surface area contributed by atoms with E-state index in [2.05, 4.69) is 5.32 Å². The maximum atomic E-state index is 15.4. The van der Waals surface area contributed by atoms with Crippen LogP contribution in [0.4, 0.5) is 5.69 Å². The fourth-order valence-electron chi connectivity index (χ4n) is 8.42. The van der Waals surface area contributed by atoms with Crippen LogP contribution in [-0.4, -0.2) is 77.2 Å². The molecule has 0 unspecified atom stereocenters. The van der Waals surface area contributed by atoms with Gasteiger partial charge in [0.1, 0.15) is 23.7 Å². The number of aliphatic hydroxyl groups excluding tert-OH is 1. The van der Waals surface area contributed by atoms with Crippen LogP contribution in [0.3, 0.4) is 0 Å². The lowest BCUT2D eigenvalue weighted by Crippen LogP contribution is -2.59. The summed E-state index contributed by atoms with van der Waals surface area (Å²) in [5, 5.41) is 15.8. The van der Waals surface area contributed by atoms with Gasteiger partial charge in [0, 0.05) is 18.7 Å². The fraction of sp³-hybridized carbons (Fsp3) is 0.302. The standard InChI is InChI=1S/C43H41N3O7/c47-27-33(24-28-12-4-1-5-13-28)46-39-41(50)45(32-20-19-29-14-9-10-17-31(29)25-32)23-11-3-8-18-36(48)44-26-35(30-15-6-2-7-16-30)52-42(51)37-34-21-22-43(39,53-34)38(37)40(46)49/h1-7,9-17,19-22,25,33-35,37-39,47H,8,18,23-24,26-27H2,(H,44,48)/b11-3-/t33-,34-,35-,37+,38+,39-,43+/m1/s1. The SMILES string of the molecule is O=C1CC/C=C\CN(c2ccc3ccccc3c2)C(=O)[C@H]2N([C@@H](CO)Cc3ccccc3)C(=O)[C@@H]3[C@@H](C(=O)O[C@@H](c4ccccc4)CN1)[C@H]1C=C[C@]32O1. The summed E-state index contributed by atoms with van der Waals surface area (Å²) in [6, 6.07) is 30.3. The number of esters is 1. The second-order valence-electron chi connectivity index (χ2n) is 14.1. The predicted molar refractivity (Wildman–Crippen MR) is 198 cm³/mol. The highest BCUT2D eigenvalue weighted by Gasteiger charge is 2.74. The third-order valence-electron chi connectivity index (χ3n) is 11.0. The molecule has 4 heterocycles. The topological polar surface area (TPSA) is 125 Å². The molecule has 3 amide bonds. The van der Waals surface area contributed by atoms with Gasteiger partial charge in [0.25, 0.3) is 5.91 Å². The van der Waals surface area contributed by atoms with Gasteiger partial charge in [-0.05, 0) is 46.9 Å². The van der Waals surface area contributed by atoms with Crippen molar-refractivity contribution in [3.8, 4) is 0 Å². The molecule has 0 saturated carbocycles. The van der Waals surface area contributed by atoms with Crippen LogP contribution in [0.15, 0.2) is 127 Å². The minimum atomic E-state index is -1.49. The van der Waals surface area contributed by atoms with E-state index >= 15 is 4.79 Å². The van der Waals surface area contributed by atoms with Gasteiger partial charge in [0.15, 0.2) is 0 Å². The lowest BCUT2D eigenvalue weighted by Gasteiger charge is -2.39. The molecule has 1 spiro atoms. The van der Waals surface area contributed by atoms with Crippen LogP contribution >= 0.6 is 0 Å². The molecule has 10 heteroatoms. The van der Waals surface area contributed by atoms with Gasteiger partial charge in [-0.15, -0.1) is 0 Å². The molecule has 4 aromatic carbocycles. The van der Waals surface area contributed by atoms with Gasteiger partial charge in [-0.2, -0.15) is 0 Å². The first-order valence-corrected chi connectivity index (χ1v) is 18.2. The van der Waals surface area contributed by atoms with Crippen LogP contribution < -0.4 is 10.2 Å². The monoisotopic (exact) mass is 711 g/mol. The number of allylic oxidation sites excluding steroid dienone is 1. The van der Waals surface area contributed by atoms with E-state index in [0.717, 1.165) is 16.3 Å². The van der Waals surface area contributed by atoms with Gasteiger partial charge < -0.3 is 29.7 Å². The van der Waals surface area contributed by atoms with Crippen molar-refractivity contribution in [2.75, 3.05) is 24.6 Å². The molecule has 53 heavy (non-hydrogen) atoms. The van der Waals surface area contributed by atoms with Crippen molar-refractivity contribution in [2.24, 2.45) is 11.8 Å². The predicted octanol–water partition coefficient (Wildman–Crippen LogP) is 4.68. The van der Waals surface area contributed by atoms with Crippen molar-refractivity contribution in [3.05, 3.63) is 139 Å². The maximum Gasteiger partial charge on any atom is 0.313 e. The molecule has 8 rings (SSSR count). The Balaban J connectivity index is 1.25. The number of rotatable bonds is 6. The lowest BCUT2D eigenvalue weighted by atomic mass is 9.74. The zero-order valence-electron chi connectivity index (χ0n) is 29.1. The van der Waals surface area contributed by atoms with Crippen LogP contribution in [0.2, 0.25) is 0 Å². The van der Waals surface area contributed by atoms with Crippen LogP contribution in [-0.2, 0) is 35.1 Å². The van der Waals surface area contributed by atoms with E-state index < -0.39 is 66.1 Å². The smallest absolute Gasteiger partial charge is 0.313 e. The number of carbonyl (C=O) groups excluding carboxylic acids is 4. The Morgan fingerprint density at radius 2 is 1.58 bits per heavy atom. The molecule has 2 saturated heterocycles. The quantitative estimate of drug-likeness (QED) is 0.220. The molecule has 0 aliphatic carbocycles. The second-order valence-corrected chi connectivity index (χ2v) is 14.1. The minimum absolute atomic E-state index is 0.0444. The van der Waals surface area contributed by atoms with Crippen LogP contribution in [0.5, 0.6) is 0 Å². The number of cyclic esters (lactones) is 1. The molecule has 4 aromatic rings. The molecule has 7 atom stereocenters. The van der Waals surface area contributed by atoms with E-state index in [-0.39, 0.29) is 31.8 Å². The average Bonchev–Trinajstić information content (AvgIpc) is 3.84. The zero-order chi connectivity index (χ0) is 36.5. The summed E-state index contributed by atoms with van der Waals surface area (Å²) in [6.45, 7) is -0.223. The molecule has 4 aliphatic heterocycles. The summed E-state index contributed by atoms with van der Waals surface area (Å²) in [6.07, 6.45) is 6.50. The summed E-state index contributed by atoms with van der Waals surface area (Å²) in [7, 11) is 0. The number of hydrogen-bond donors (Lipinski definition) is 2. The second kappa shape index (κ2) is 14.4. The lowest BCUT2D eigenvalue weighted by molar-refractivity contribution is -0.160. The molecule has 2 N–H and O–H groups in total. The number of likely N-dealkylation sites (tertiary alicyclic amines) is 1. The largest absolute Gasteiger partial charge is 0.455 e. The highest BCUT2D eigenvalue weighted by atomic mass is 16.6. The number of benzene rings is 4. The van der Waals surface area contributed by atoms with Gasteiger partial charge in [-0.1, -0.05) is 115 Å². The number of amides is 3.